The van der Waals surface area contributed by atoms with Crippen molar-refractivity contribution in [2.45, 2.75) is 59.4 Å². The van der Waals surface area contributed by atoms with Gasteiger partial charge in [-0.3, -0.25) is 9.36 Å². The molecule has 32 heavy (non-hydrogen) atoms. The van der Waals surface area contributed by atoms with Gasteiger partial charge in [0, 0.05) is 24.3 Å². The van der Waals surface area contributed by atoms with Crippen LogP contribution in [0.2, 0.25) is 0 Å². The number of aromatic nitrogens is 3. The number of nitrogens with one attached hydrogen (secondary N) is 2. The van der Waals surface area contributed by atoms with Crippen molar-refractivity contribution < 1.29 is 4.79 Å². The molecule has 0 aliphatic heterocycles. The molecule has 0 aliphatic rings. The molecule has 0 bridgehead atoms. The second-order valence-electron chi connectivity index (χ2n) is 8.32. The van der Waals surface area contributed by atoms with Gasteiger partial charge in [0.15, 0.2) is 11.4 Å². The number of hydrogen-bond acceptors (Lipinski definition) is 6. The van der Waals surface area contributed by atoms with Crippen LogP contribution in [0.3, 0.4) is 0 Å². The van der Waals surface area contributed by atoms with Gasteiger partial charge in [-0.25, -0.2) is 9.97 Å². The summed E-state index contributed by atoms with van der Waals surface area (Å²) in [5.74, 6) is 2.31. The highest BCUT2D eigenvalue weighted by Gasteiger charge is 2.14. The molecule has 2 heterocycles. The van der Waals surface area contributed by atoms with Crippen LogP contribution < -0.4 is 16.4 Å². The number of ketones is 1. The van der Waals surface area contributed by atoms with Crippen LogP contribution >= 0.6 is 0 Å². The Bertz CT molecular complexity index is 1010. The predicted molar refractivity (Wildman–Crippen MR) is 133 cm³/mol. The summed E-state index contributed by atoms with van der Waals surface area (Å²) in [7, 11) is 0. The smallest absolute Gasteiger partial charge is 0.209 e. The van der Waals surface area contributed by atoms with Crippen molar-refractivity contribution in [1.29, 1.82) is 0 Å². The minimum absolute atomic E-state index is 0.0518. The first-order valence-electron chi connectivity index (χ1n) is 11.7. The number of pyridine rings is 1. The third-order valence-corrected chi connectivity index (χ3v) is 5.84. The van der Waals surface area contributed by atoms with Crippen LogP contribution in [0.5, 0.6) is 0 Å². The second-order valence-corrected chi connectivity index (χ2v) is 8.32. The van der Waals surface area contributed by atoms with Crippen molar-refractivity contribution in [2.75, 3.05) is 23.7 Å². The lowest BCUT2D eigenvalue weighted by atomic mass is 9.99. The summed E-state index contributed by atoms with van der Waals surface area (Å²) in [4.78, 5) is 21.2. The third kappa shape index (κ3) is 6.07. The molecule has 0 aliphatic carbocycles. The Morgan fingerprint density at radius 2 is 1.88 bits per heavy atom. The molecular formula is C25H36N6O. The van der Waals surface area contributed by atoms with E-state index in [4.69, 9.17) is 15.7 Å². The van der Waals surface area contributed by atoms with Crippen molar-refractivity contribution in [1.82, 2.24) is 14.5 Å². The zero-order valence-corrected chi connectivity index (χ0v) is 19.5. The molecule has 3 rings (SSSR count). The molecule has 4 N–H and O–H groups in total. The lowest BCUT2D eigenvalue weighted by molar-refractivity contribution is 0.101. The van der Waals surface area contributed by atoms with Crippen molar-refractivity contribution in [3.8, 4) is 0 Å². The fourth-order valence-electron chi connectivity index (χ4n) is 3.77. The second kappa shape index (κ2) is 11.6. The summed E-state index contributed by atoms with van der Waals surface area (Å²) in [6.07, 6.45) is 5.74. The molecule has 7 nitrogen and oxygen atoms in total. The van der Waals surface area contributed by atoms with E-state index in [0.717, 1.165) is 48.1 Å². The SMILES string of the molecule is CCCCC(CC)CNc1ccc2nc(Nc3ccc(C(C)=O)cc3)n(CCCN)c2n1. The molecule has 0 saturated heterocycles. The fraction of sp³-hybridized carbons (Fsp3) is 0.480. The maximum Gasteiger partial charge on any atom is 0.209 e. The monoisotopic (exact) mass is 436 g/mol. The van der Waals surface area contributed by atoms with Crippen LogP contribution in [-0.4, -0.2) is 33.4 Å². The van der Waals surface area contributed by atoms with Crippen LogP contribution in [0, 0.1) is 5.92 Å². The molecule has 7 heteroatoms. The minimum atomic E-state index is 0.0518. The number of anilines is 3. The van der Waals surface area contributed by atoms with Gasteiger partial charge in [0.1, 0.15) is 11.3 Å². The number of fused-ring (bicyclic) bond motifs is 1. The van der Waals surface area contributed by atoms with E-state index >= 15 is 0 Å². The average molecular weight is 437 g/mol. The standard InChI is InChI=1S/C25H36N6O/c1-4-6-8-19(5-2)17-27-23-14-13-22-24(30-23)31(16-7-15-26)25(29-22)28-21-11-9-20(10-12-21)18(3)32/h9-14,19H,4-8,15-17,26H2,1-3H3,(H,27,30)(H,28,29). The number of carbonyl (C=O) groups excluding carboxylic acids is 1. The quantitative estimate of drug-likeness (QED) is 0.312. The van der Waals surface area contributed by atoms with E-state index in [2.05, 4.69) is 29.0 Å². The highest BCUT2D eigenvalue weighted by Crippen LogP contribution is 2.24. The Labute approximate surface area is 190 Å². The maximum absolute atomic E-state index is 11.5. The van der Waals surface area contributed by atoms with Gasteiger partial charge in [-0.05, 0) is 68.6 Å². The van der Waals surface area contributed by atoms with E-state index in [1.165, 1.54) is 25.7 Å². The van der Waals surface area contributed by atoms with Gasteiger partial charge in [0.05, 0.1) is 0 Å². The number of imidazole rings is 1. The first-order chi connectivity index (χ1) is 15.5. The summed E-state index contributed by atoms with van der Waals surface area (Å²) >= 11 is 0. The predicted octanol–water partition coefficient (Wildman–Crippen LogP) is 5.35. The first kappa shape index (κ1) is 23.7. The zero-order chi connectivity index (χ0) is 22.9. The molecule has 1 aromatic carbocycles. The van der Waals surface area contributed by atoms with Gasteiger partial charge in [0.25, 0.3) is 0 Å². The molecule has 0 amide bonds. The Morgan fingerprint density at radius 1 is 1.09 bits per heavy atom. The number of rotatable bonds is 13. The molecule has 2 aromatic heterocycles. The number of unbranched alkanes of at least 4 members (excludes halogenated alkanes) is 1. The van der Waals surface area contributed by atoms with Gasteiger partial charge in [-0.15, -0.1) is 0 Å². The van der Waals surface area contributed by atoms with Crippen LogP contribution in [0.15, 0.2) is 36.4 Å². The molecule has 0 fully saturated rings. The van der Waals surface area contributed by atoms with Gasteiger partial charge < -0.3 is 16.4 Å². The van der Waals surface area contributed by atoms with Gasteiger partial charge in [-0.1, -0.05) is 33.1 Å². The van der Waals surface area contributed by atoms with Gasteiger partial charge in [-0.2, -0.15) is 0 Å². The topological polar surface area (TPSA) is 97.9 Å². The number of Topliss-reactive ketones (excluding diaryl/α,β-unsaturated/α-hetero) is 1. The van der Waals surface area contributed by atoms with Gasteiger partial charge >= 0.3 is 0 Å². The van der Waals surface area contributed by atoms with Crippen molar-refractivity contribution >= 4 is 34.4 Å². The van der Waals surface area contributed by atoms with E-state index in [-0.39, 0.29) is 5.78 Å². The molecule has 1 atom stereocenters. The normalized spacial score (nSPS) is 12.1. The van der Waals surface area contributed by atoms with E-state index in [9.17, 15) is 4.79 Å². The number of nitrogens with zero attached hydrogens (tertiary/aromatic N) is 3. The number of aryl methyl sites for hydroxylation is 1. The Hall–Kier alpha value is -2.93. The molecule has 0 radical (unpaired) electrons. The maximum atomic E-state index is 11.5. The van der Waals surface area contributed by atoms with E-state index in [1.54, 1.807) is 6.92 Å². The van der Waals surface area contributed by atoms with E-state index < -0.39 is 0 Å². The highest BCUT2D eigenvalue weighted by molar-refractivity contribution is 5.94. The van der Waals surface area contributed by atoms with Crippen molar-refractivity contribution in [3.63, 3.8) is 0 Å². The lowest BCUT2D eigenvalue weighted by Crippen LogP contribution is -2.14. The number of nitrogens with two attached hydrogens (primary N) is 1. The molecule has 172 valence electrons. The van der Waals surface area contributed by atoms with Crippen LogP contribution in [-0.2, 0) is 6.54 Å². The van der Waals surface area contributed by atoms with Gasteiger partial charge in [0.2, 0.25) is 5.95 Å². The van der Waals surface area contributed by atoms with Crippen molar-refractivity contribution in [3.05, 3.63) is 42.0 Å². The molecule has 3 aromatic rings. The molecular weight excluding hydrogens is 400 g/mol. The summed E-state index contributed by atoms with van der Waals surface area (Å²) in [6, 6.07) is 11.4. The third-order valence-electron chi connectivity index (χ3n) is 5.84. The Kier molecular flexibility index (Phi) is 8.62. The summed E-state index contributed by atoms with van der Waals surface area (Å²) in [6.45, 7) is 8.31. The minimum Gasteiger partial charge on any atom is -0.370 e. The van der Waals surface area contributed by atoms with E-state index in [0.29, 0.717) is 18.0 Å². The van der Waals surface area contributed by atoms with Crippen molar-refractivity contribution in [2.24, 2.45) is 11.7 Å². The summed E-state index contributed by atoms with van der Waals surface area (Å²) < 4.78 is 2.08. The first-order valence-corrected chi connectivity index (χ1v) is 11.7. The largest absolute Gasteiger partial charge is 0.370 e. The highest BCUT2D eigenvalue weighted by atomic mass is 16.1. The average Bonchev–Trinajstić information content (AvgIpc) is 3.14. The molecule has 0 saturated carbocycles. The number of carbonyl (C=O) groups is 1. The fourth-order valence-corrected chi connectivity index (χ4v) is 3.77. The molecule has 0 spiro atoms. The van der Waals surface area contributed by atoms with E-state index in [1.807, 2.05) is 36.4 Å². The number of hydrogen-bond donors (Lipinski definition) is 3. The zero-order valence-electron chi connectivity index (χ0n) is 19.5. The lowest BCUT2D eigenvalue weighted by Gasteiger charge is -2.16. The summed E-state index contributed by atoms with van der Waals surface area (Å²) in [5, 5.41) is 6.90. The molecule has 1 unspecified atom stereocenters. The van der Waals surface area contributed by atoms with Crippen LogP contribution in [0.25, 0.3) is 11.2 Å². The summed E-state index contributed by atoms with van der Waals surface area (Å²) in [5.41, 5.74) is 9.03. The van der Waals surface area contributed by atoms with Crippen LogP contribution in [0.4, 0.5) is 17.5 Å². The Balaban J connectivity index is 1.82. The Morgan fingerprint density at radius 3 is 2.53 bits per heavy atom. The number of benzene rings is 1. The van der Waals surface area contributed by atoms with Crippen LogP contribution in [0.1, 0.15) is 63.2 Å².